The monoisotopic (exact) mass is 424 g/mol. The molecule has 0 spiro atoms. The molecule has 2 rings (SSSR count). The van der Waals surface area contributed by atoms with E-state index in [1.807, 2.05) is 38.1 Å². The van der Waals surface area contributed by atoms with E-state index in [-0.39, 0.29) is 29.9 Å². The van der Waals surface area contributed by atoms with Crippen LogP contribution in [0.3, 0.4) is 0 Å². The van der Waals surface area contributed by atoms with Crippen molar-refractivity contribution in [1.29, 1.82) is 0 Å². The molecule has 1 atom stereocenters. The van der Waals surface area contributed by atoms with Crippen LogP contribution in [0.1, 0.15) is 31.9 Å². The Morgan fingerprint density at radius 3 is 2.43 bits per heavy atom. The predicted molar refractivity (Wildman–Crippen MR) is 110 cm³/mol. The quantitative estimate of drug-likeness (QED) is 0.667. The van der Waals surface area contributed by atoms with E-state index in [1.165, 1.54) is 28.6 Å². The summed E-state index contributed by atoms with van der Waals surface area (Å²) >= 11 is 5.84. The molecule has 0 saturated carbocycles. The van der Waals surface area contributed by atoms with Gasteiger partial charge in [0.15, 0.2) is 0 Å². The Bertz CT molecular complexity index is 901. The van der Waals surface area contributed by atoms with Crippen molar-refractivity contribution in [3.05, 3.63) is 59.1 Å². The molecule has 0 radical (unpaired) electrons. The van der Waals surface area contributed by atoms with Crippen molar-refractivity contribution in [2.75, 3.05) is 20.2 Å². The zero-order valence-corrected chi connectivity index (χ0v) is 17.8. The summed E-state index contributed by atoms with van der Waals surface area (Å²) < 4.78 is 32.3. The Kier molecular flexibility index (Phi) is 7.86. The number of benzene rings is 2. The van der Waals surface area contributed by atoms with Gasteiger partial charge in [0.2, 0.25) is 15.9 Å². The van der Waals surface area contributed by atoms with Gasteiger partial charge in [-0.15, -0.1) is 0 Å². The standard InChI is InChI=1S/C20H25ClN2O4S/c1-4-13-23(28(25,26)17-11-9-16(21)10-12-17)14-20(24)22-15(2)18-7-5-6-8-19(18)27-3/h5-12,15H,4,13-14H2,1-3H3,(H,22,24). The lowest BCUT2D eigenvalue weighted by molar-refractivity contribution is -0.121. The fourth-order valence-electron chi connectivity index (χ4n) is 2.84. The van der Waals surface area contributed by atoms with Gasteiger partial charge >= 0.3 is 0 Å². The van der Waals surface area contributed by atoms with Crippen LogP contribution in [0.25, 0.3) is 0 Å². The van der Waals surface area contributed by atoms with Crippen LogP contribution in [-0.4, -0.2) is 38.8 Å². The summed E-state index contributed by atoms with van der Waals surface area (Å²) in [6.07, 6.45) is 0.585. The number of halogens is 1. The lowest BCUT2D eigenvalue weighted by Crippen LogP contribution is -2.41. The van der Waals surface area contributed by atoms with Crippen molar-refractivity contribution < 1.29 is 17.9 Å². The Balaban J connectivity index is 2.15. The minimum Gasteiger partial charge on any atom is -0.496 e. The molecule has 28 heavy (non-hydrogen) atoms. The van der Waals surface area contributed by atoms with Crippen molar-refractivity contribution in [3.8, 4) is 5.75 Å². The SMILES string of the molecule is CCCN(CC(=O)NC(C)c1ccccc1OC)S(=O)(=O)c1ccc(Cl)cc1. The molecule has 0 heterocycles. The number of methoxy groups -OCH3 is 1. The summed E-state index contributed by atoms with van der Waals surface area (Å²) in [7, 11) is -2.23. The highest BCUT2D eigenvalue weighted by Gasteiger charge is 2.26. The summed E-state index contributed by atoms with van der Waals surface area (Å²) in [6, 6.07) is 13.0. The Hall–Kier alpha value is -2.09. The number of ether oxygens (including phenoxy) is 1. The molecule has 0 fully saturated rings. The highest BCUT2D eigenvalue weighted by Crippen LogP contribution is 2.24. The Morgan fingerprint density at radius 1 is 1.18 bits per heavy atom. The number of para-hydroxylation sites is 1. The average Bonchev–Trinajstić information content (AvgIpc) is 2.67. The van der Waals surface area contributed by atoms with Crippen LogP contribution >= 0.6 is 11.6 Å². The minimum atomic E-state index is -3.80. The zero-order chi connectivity index (χ0) is 20.7. The van der Waals surface area contributed by atoms with Gasteiger partial charge in [-0.2, -0.15) is 4.31 Å². The van der Waals surface area contributed by atoms with Crippen molar-refractivity contribution in [1.82, 2.24) is 9.62 Å². The van der Waals surface area contributed by atoms with Crippen molar-refractivity contribution in [2.24, 2.45) is 0 Å². The van der Waals surface area contributed by atoms with E-state index in [0.29, 0.717) is 17.2 Å². The first-order valence-corrected chi connectivity index (χ1v) is 10.8. The summed E-state index contributed by atoms with van der Waals surface area (Å²) in [5.74, 6) is 0.277. The Labute approximate surface area is 171 Å². The molecule has 0 saturated heterocycles. The molecule has 2 aromatic carbocycles. The molecule has 1 N–H and O–H groups in total. The molecule has 0 bridgehead atoms. The van der Waals surface area contributed by atoms with Crippen LogP contribution in [0.5, 0.6) is 5.75 Å². The van der Waals surface area contributed by atoms with Gasteiger partial charge in [-0.25, -0.2) is 8.42 Å². The maximum atomic E-state index is 12.9. The molecular weight excluding hydrogens is 400 g/mol. The van der Waals surface area contributed by atoms with Gasteiger partial charge in [0.25, 0.3) is 0 Å². The number of sulfonamides is 1. The minimum absolute atomic E-state index is 0.107. The second kappa shape index (κ2) is 9.91. The number of nitrogens with zero attached hydrogens (tertiary/aromatic N) is 1. The van der Waals surface area contributed by atoms with Crippen LogP contribution in [-0.2, 0) is 14.8 Å². The van der Waals surface area contributed by atoms with Crippen LogP contribution in [0.4, 0.5) is 0 Å². The van der Waals surface area contributed by atoms with Crippen molar-refractivity contribution in [3.63, 3.8) is 0 Å². The second-order valence-electron chi connectivity index (χ2n) is 6.32. The number of rotatable bonds is 9. The third-order valence-electron chi connectivity index (χ3n) is 4.23. The van der Waals surface area contributed by atoms with Gasteiger partial charge in [-0.05, 0) is 43.7 Å². The largest absolute Gasteiger partial charge is 0.496 e. The maximum Gasteiger partial charge on any atom is 0.243 e. The van der Waals surface area contributed by atoms with E-state index in [9.17, 15) is 13.2 Å². The summed E-state index contributed by atoms with van der Waals surface area (Å²) in [4.78, 5) is 12.7. The van der Waals surface area contributed by atoms with Crippen molar-refractivity contribution in [2.45, 2.75) is 31.2 Å². The average molecular weight is 425 g/mol. The fourth-order valence-corrected chi connectivity index (χ4v) is 4.45. The van der Waals surface area contributed by atoms with Gasteiger partial charge in [0.05, 0.1) is 24.6 Å². The number of nitrogens with one attached hydrogen (secondary N) is 1. The van der Waals surface area contributed by atoms with E-state index in [1.54, 1.807) is 7.11 Å². The van der Waals surface area contributed by atoms with Gasteiger partial charge < -0.3 is 10.1 Å². The molecule has 0 aliphatic rings. The number of carbonyl (C=O) groups is 1. The number of amides is 1. The van der Waals surface area contributed by atoms with Crippen LogP contribution in [0.15, 0.2) is 53.4 Å². The van der Waals surface area contributed by atoms with E-state index in [4.69, 9.17) is 16.3 Å². The first kappa shape index (κ1) is 22.2. The summed E-state index contributed by atoms with van der Waals surface area (Å²) in [5.41, 5.74) is 0.820. The lowest BCUT2D eigenvalue weighted by Gasteiger charge is -2.23. The highest BCUT2D eigenvalue weighted by molar-refractivity contribution is 7.89. The number of carbonyl (C=O) groups excluding carboxylic acids is 1. The van der Waals surface area contributed by atoms with E-state index < -0.39 is 10.0 Å². The zero-order valence-electron chi connectivity index (χ0n) is 16.2. The molecule has 2 aromatic rings. The van der Waals surface area contributed by atoms with E-state index >= 15 is 0 Å². The topological polar surface area (TPSA) is 75.7 Å². The normalized spacial score (nSPS) is 12.6. The van der Waals surface area contributed by atoms with E-state index in [0.717, 1.165) is 5.56 Å². The van der Waals surface area contributed by atoms with Crippen LogP contribution < -0.4 is 10.1 Å². The van der Waals surface area contributed by atoms with Crippen LogP contribution in [0.2, 0.25) is 5.02 Å². The molecule has 0 aliphatic carbocycles. The lowest BCUT2D eigenvalue weighted by atomic mass is 10.1. The molecule has 1 unspecified atom stereocenters. The van der Waals surface area contributed by atoms with Gasteiger partial charge in [-0.1, -0.05) is 36.7 Å². The van der Waals surface area contributed by atoms with E-state index in [2.05, 4.69) is 5.32 Å². The van der Waals surface area contributed by atoms with Gasteiger partial charge in [0.1, 0.15) is 5.75 Å². The highest BCUT2D eigenvalue weighted by atomic mass is 35.5. The third-order valence-corrected chi connectivity index (χ3v) is 6.34. The first-order chi connectivity index (χ1) is 13.3. The molecule has 6 nitrogen and oxygen atoms in total. The smallest absolute Gasteiger partial charge is 0.243 e. The maximum absolute atomic E-state index is 12.9. The molecule has 0 aromatic heterocycles. The third kappa shape index (κ3) is 5.47. The second-order valence-corrected chi connectivity index (χ2v) is 8.70. The number of hydrogen-bond donors (Lipinski definition) is 1. The first-order valence-electron chi connectivity index (χ1n) is 8.97. The summed E-state index contributed by atoms with van der Waals surface area (Å²) in [5, 5.41) is 3.29. The van der Waals surface area contributed by atoms with Gasteiger partial charge in [0, 0.05) is 17.1 Å². The molecule has 152 valence electrons. The predicted octanol–water partition coefficient (Wildman–Crippen LogP) is 3.63. The van der Waals surface area contributed by atoms with Gasteiger partial charge in [-0.3, -0.25) is 4.79 Å². The van der Waals surface area contributed by atoms with Crippen LogP contribution in [0, 0.1) is 0 Å². The number of hydrogen-bond acceptors (Lipinski definition) is 4. The fraction of sp³-hybridized carbons (Fsp3) is 0.350. The van der Waals surface area contributed by atoms with Crippen molar-refractivity contribution >= 4 is 27.5 Å². The molecule has 0 aliphatic heterocycles. The molecule has 8 heteroatoms. The molecular formula is C20H25ClN2O4S. The summed E-state index contributed by atoms with van der Waals surface area (Å²) in [6.45, 7) is 3.66. The molecule has 1 amide bonds. The Morgan fingerprint density at radius 2 is 1.82 bits per heavy atom.